The summed E-state index contributed by atoms with van der Waals surface area (Å²) in [5.74, 6) is 0. The summed E-state index contributed by atoms with van der Waals surface area (Å²) in [7, 11) is 0. The second kappa shape index (κ2) is 7.89. The van der Waals surface area contributed by atoms with Crippen molar-refractivity contribution in [2.75, 3.05) is 42.4 Å². The lowest BCUT2D eigenvalue weighted by atomic mass is 10.2. The van der Waals surface area contributed by atoms with Gasteiger partial charge in [-0.1, -0.05) is 0 Å². The first kappa shape index (κ1) is 17.8. The zero-order valence-corrected chi connectivity index (χ0v) is 13.5. The molecule has 11 nitrogen and oxygen atoms in total. The van der Waals surface area contributed by atoms with Crippen LogP contribution >= 0.6 is 0 Å². The summed E-state index contributed by atoms with van der Waals surface area (Å²) in [6, 6.07) is 4.17. The van der Waals surface area contributed by atoms with E-state index in [2.05, 4.69) is 16.0 Å². The molecule has 2 atom stereocenters. The van der Waals surface area contributed by atoms with Crippen molar-refractivity contribution in [1.29, 1.82) is 0 Å². The molecule has 0 aromatic heterocycles. The van der Waals surface area contributed by atoms with E-state index in [1.54, 1.807) is 0 Å². The quantitative estimate of drug-likeness (QED) is 0.531. The van der Waals surface area contributed by atoms with Crippen molar-refractivity contribution in [3.63, 3.8) is 0 Å². The van der Waals surface area contributed by atoms with Crippen LogP contribution in [0.2, 0.25) is 0 Å². The summed E-state index contributed by atoms with van der Waals surface area (Å²) < 4.78 is 19.8. The summed E-state index contributed by atoms with van der Waals surface area (Å²) in [4.78, 5) is 34.4. The number of nitrogens with one attached hydrogen (secondary N) is 3. The Labute approximate surface area is 147 Å². The maximum absolute atomic E-state index is 11.9. The molecule has 0 saturated carbocycles. The predicted molar refractivity (Wildman–Crippen MR) is 87.5 cm³/mol. The first-order chi connectivity index (χ1) is 12.5. The molecule has 0 radical (unpaired) electrons. The summed E-state index contributed by atoms with van der Waals surface area (Å²) in [6.07, 6.45) is -2.95. The van der Waals surface area contributed by atoms with E-state index in [4.69, 9.17) is 24.1 Å². The van der Waals surface area contributed by atoms with Crippen molar-refractivity contribution in [3.8, 4) is 0 Å². The standard InChI is InChI=1S/C15H17N3O8/c19-13(20)16-8-1-2-11(17-14(21)25-6-9-4-23-9)12(3-8)18-15(22)26-7-10-5-24-10/h1-3,9-10,16H,4-7H2,(H,17,21)(H,18,22)(H,19,20). The molecule has 140 valence electrons. The van der Waals surface area contributed by atoms with Crippen molar-refractivity contribution < 1.29 is 38.4 Å². The topological polar surface area (TPSA) is 151 Å². The number of amides is 3. The molecule has 0 aliphatic carbocycles. The maximum atomic E-state index is 11.9. The van der Waals surface area contributed by atoms with Gasteiger partial charge in [-0.2, -0.15) is 0 Å². The predicted octanol–water partition coefficient (Wildman–Crippen LogP) is 1.67. The summed E-state index contributed by atoms with van der Waals surface area (Å²) >= 11 is 0. The Hall–Kier alpha value is -3.05. The highest BCUT2D eigenvalue weighted by molar-refractivity contribution is 5.97. The van der Waals surface area contributed by atoms with Crippen molar-refractivity contribution in [2.24, 2.45) is 0 Å². The Kier molecular flexibility index (Phi) is 5.39. The van der Waals surface area contributed by atoms with Crippen molar-refractivity contribution in [3.05, 3.63) is 18.2 Å². The zero-order chi connectivity index (χ0) is 18.5. The van der Waals surface area contributed by atoms with Crippen LogP contribution in [0.15, 0.2) is 18.2 Å². The largest absolute Gasteiger partial charge is 0.465 e. The van der Waals surface area contributed by atoms with Crippen LogP contribution in [0.4, 0.5) is 31.4 Å². The molecule has 3 amide bonds. The van der Waals surface area contributed by atoms with E-state index in [-0.39, 0.29) is 42.5 Å². The van der Waals surface area contributed by atoms with Crippen molar-refractivity contribution >= 4 is 35.3 Å². The van der Waals surface area contributed by atoms with Gasteiger partial charge in [0.2, 0.25) is 0 Å². The number of hydrogen-bond acceptors (Lipinski definition) is 7. The van der Waals surface area contributed by atoms with Crippen LogP contribution in [0.5, 0.6) is 0 Å². The molecule has 2 aliphatic rings. The van der Waals surface area contributed by atoms with Crippen LogP contribution in [-0.4, -0.2) is 62.0 Å². The molecule has 0 bridgehead atoms. The lowest BCUT2D eigenvalue weighted by molar-refractivity contribution is 0.149. The second-order valence-corrected chi connectivity index (χ2v) is 5.55. The molecular weight excluding hydrogens is 350 g/mol. The highest BCUT2D eigenvalue weighted by Gasteiger charge is 2.25. The average Bonchev–Trinajstić information content (AvgIpc) is 3.46. The fraction of sp³-hybridized carbons (Fsp3) is 0.400. The molecule has 2 saturated heterocycles. The summed E-state index contributed by atoms with van der Waals surface area (Å²) in [5, 5.41) is 15.9. The minimum Gasteiger partial charge on any atom is -0.465 e. The number of carbonyl (C=O) groups is 3. The van der Waals surface area contributed by atoms with Gasteiger partial charge in [-0.3, -0.25) is 16.0 Å². The molecule has 2 fully saturated rings. The molecule has 2 unspecified atom stereocenters. The van der Waals surface area contributed by atoms with E-state index in [0.717, 1.165) is 0 Å². The number of ether oxygens (including phenoxy) is 4. The van der Waals surface area contributed by atoms with Crippen LogP contribution in [0.25, 0.3) is 0 Å². The third kappa shape index (κ3) is 5.79. The highest BCUT2D eigenvalue weighted by Crippen LogP contribution is 2.27. The normalized spacial score (nSPS) is 19.8. The highest BCUT2D eigenvalue weighted by atomic mass is 16.6. The number of anilines is 3. The van der Waals surface area contributed by atoms with E-state index in [1.165, 1.54) is 18.2 Å². The Bertz CT molecular complexity index is 702. The summed E-state index contributed by atoms with van der Waals surface area (Å²) in [5.41, 5.74) is 0.545. The maximum Gasteiger partial charge on any atom is 0.411 e. The Morgan fingerprint density at radius 2 is 1.50 bits per heavy atom. The van der Waals surface area contributed by atoms with Crippen LogP contribution in [0.3, 0.4) is 0 Å². The minimum atomic E-state index is -1.27. The van der Waals surface area contributed by atoms with Gasteiger partial charge in [-0.25, -0.2) is 14.4 Å². The molecular formula is C15H17N3O8. The molecule has 2 heterocycles. The Morgan fingerprint density at radius 1 is 0.962 bits per heavy atom. The van der Waals surface area contributed by atoms with E-state index < -0.39 is 18.3 Å². The van der Waals surface area contributed by atoms with Gasteiger partial charge < -0.3 is 24.1 Å². The van der Waals surface area contributed by atoms with E-state index in [0.29, 0.717) is 13.2 Å². The Morgan fingerprint density at radius 3 is 2.00 bits per heavy atom. The van der Waals surface area contributed by atoms with Gasteiger partial charge in [0.1, 0.15) is 25.4 Å². The fourth-order valence-corrected chi connectivity index (χ4v) is 1.92. The lowest BCUT2D eigenvalue weighted by Crippen LogP contribution is -2.20. The first-order valence-corrected chi connectivity index (χ1v) is 7.74. The van der Waals surface area contributed by atoms with E-state index in [1.807, 2.05) is 0 Å². The van der Waals surface area contributed by atoms with Crippen molar-refractivity contribution in [1.82, 2.24) is 0 Å². The molecule has 1 aromatic carbocycles. The number of hydrogen-bond donors (Lipinski definition) is 4. The molecule has 26 heavy (non-hydrogen) atoms. The van der Waals surface area contributed by atoms with Crippen LogP contribution in [0, 0.1) is 0 Å². The fourth-order valence-electron chi connectivity index (χ4n) is 1.92. The number of benzene rings is 1. The van der Waals surface area contributed by atoms with Crippen molar-refractivity contribution in [2.45, 2.75) is 12.2 Å². The van der Waals surface area contributed by atoms with E-state index >= 15 is 0 Å². The lowest BCUT2D eigenvalue weighted by Gasteiger charge is -2.14. The molecule has 11 heteroatoms. The minimum absolute atomic E-state index is 0.0832. The SMILES string of the molecule is O=C(O)Nc1ccc(NC(=O)OCC2CO2)c(NC(=O)OCC2CO2)c1. The van der Waals surface area contributed by atoms with Gasteiger partial charge >= 0.3 is 18.3 Å². The van der Waals surface area contributed by atoms with Gasteiger partial charge in [0.15, 0.2) is 0 Å². The monoisotopic (exact) mass is 367 g/mol. The van der Waals surface area contributed by atoms with Crippen LogP contribution in [-0.2, 0) is 18.9 Å². The zero-order valence-electron chi connectivity index (χ0n) is 13.5. The molecule has 3 rings (SSSR count). The number of carbonyl (C=O) groups excluding carboxylic acids is 2. The van der Waals surface area contributed by atoms with Gasteiger partial charge in [-0.15, -0.1) is 0 Å². The first-order valence-electron chi connectivity index (χ1n) is 7.74. The average molecular weight is 367 g/mol. The van der Waals surface area contributed by atoms with Gasteiger partial charge in [0.25, 0.3) is 0 Å². The summed E-state index contributed by atoms with van der Waals surface area (Å²) in [6.45, 7) is 1.31. The number of epoxide rings is 2. The molecule has 4 N–H and O–H groups in total. The molecule has 2 aliphatic heterocycles. The van der Waals surface area contributed by atoms with Crippen LogP contribution in [0.1, 0.15) is 0 Å². The molecule has 0 spiro atoms. The van der Waals surface area contributed by atoms with E-state index in [9.17, 15) is 14.4 Å². The Balaban J connectivity index is 1.64. The van der Waals surface area contributed by atoms with Gasteiger partial charge in [0, 0.05) is 5.69 Å². The second-order valence-electron chi connectivity index (χ2n) is 5.55. The third-order valence-corrected chi connectivity index (χ3v) is 3.35. The van der Waals surface area contributed by atoms with Gasteiger partial charge in [0.05, 0.1) is 24.6 Å². The number of rotatable bonds is 7. The van der Waals surface area contributed by atoms with Gasteiger partial charge in [-0.05, 0) is 18.2 Å². The van der Waals surface area contributed by atoms with Crippen LogP contribution < -0.4 is 16.0 Å². The molecule has 1 aromatic rings. The smallest absolute Gasteiger partial charge is 0.411 e. The third-order valence-electron chi connectivity index (χ3n) is 3.35. The number of carboxylic acid groups (broad SMARTS) is 1.